The Bertz CT molecular complexity index is 853. The van der Waals surface area contributed by atoms with Crippen molar-refractivity contribution < 1.29 is 28.5 Å². The molecule has 2 heterocycles. The minimum atomic E-state index is -0.703. The second-order valence-electron chi connectivity index (χ2n) is 7.62. The first-order valence-electron chi connectivity index (χ1n) is 9.69. The Balaban J connectivity index is 2.18. The molecule has 7 nitrogen and oxygen atoms in total. The monoisotopic (exact) mass is 401 g/mol. The summed E-state index contributed by atoms with van der Waals surface area (Å²) in [4.78, 5) is 26.1. The van der Waals surface area contributed by atoms with Crippen molar-refractivity contribution in [1.29, 1.82) is 0 Å². The number of fused-ring (bicyclic) bond motifs is 1. The van der Waals surface area contributed by atoms with Crippen LogP contribution in [0.15, 0.2) is 40.7 Å². The van der Waals surface area contributed by atoms with Crippen LogP contribution in [0.4, 0.5) is 0 Å². The van der Waals surface area contributed by atoms with Gasteiger partial charge in [0, 0.05) is 17.0 Å². The zero-order valence-corrected chi connectivity index (χ0v) is 17.6. The number of carbonyl (C=O) groups excluding carboxylic acids is 2. The zero-order chi connectivity index (χ0) is 21.3. The largest absolute Gasteiger partial charge is 0.460 e. The maximum Gasteiger partial charge on any atom is 0.337 e. The van der Waals surface area contributed by atoms with Crippen molar-refractivity contribution >= 4 is 11.9 Å². The molecule has 0 fully saturated rings. The second kappa shape index (κ2) is 8.19. The highest BCUT2D eigenvalue weighted by molar-refractivity contribution is 6.00. The Hall–Kier alpha value is -2.96. The lowest BCUT2D eigenvalue weighted by Crippen LogP contribution is -2.33. The maximum atomic E-state index is 13.0. The summed E-state index contributed by atoms with van der Waals surface area (Å²) in [5.41, 5.74) is 2.60. The van der Waals surface area contributed by atoms with Crippen LogP contribution in [0.25, 0.3) is 0 Å². The van der Waals surface area contributed by atoms with E-state index in [1.54, 1.807) is 47.6 Å². The van der Waals surface area contributed by atoms with Crippen LogP contribution in [0.5, 0.6) is 11.5 Å². The van der Waals surface area contributed by atoms with Gasteiger partial charge in [-0.15, -0.1) is 0 Å². The molecule has 0 radical (unpaired) electrons. The number of dihydropyridines is 1. The molecule has 1 N–H and O–H groups in total. The molecule has 0 unspecified atom stereocenters. The first kappa shape index (κ1) is 20.8. The topological polar surface area (TPSA) is 83.1 Å². The lowest BCUT2D eigenvalue weighted by atomic mass is 9.80. The average Bonchev–Trinajstić information content (AvgIpc) is 3.08. The number of hydrogen-bond acceptors (Lipinski definition) is 7. The van der Waals surface area contributed by atoms with Crippen molar-refractivity contribution in [3.05, 3.63) is 46.3 Å². The minimum absolute atomic E-state index is 0.0836. The van der Waals surface area contributed by atoms with Gasteiger partial charge in [0.1, 0.15) is 0 Å². The van der Waals surface area contributed by atoms with Crippen LogP contribution >= 0.6 is 0 Å². The fourth-order valence-corrected chi connectivity index (χ4v) is 3.58. The van der Waals surface area contributed by atoms with Crippen molar-refractivity contribution in [2.75, 3.05) is 6.79 Å². The van der Waals surface area contributed by atoms with Crippen LogP contribution in [0.1, 0.15) is 53.0 Å². The summed E-state index contributed by atoms with van der Waals surface area (Å²) in [6.45, 7) is 10.8. The summed E-state index contributed by atoms with van der Waals surface area (Å²) in [6.07, 6.45) is -0.606. The third kappa shape index (κ3) is 4.09. The lowest BCUT2D eigenvalue weighted by Gasteiger charge is -2.31. The van der Waals surface area contributed by atoms with Crippen molar-refractivity contribution in [1.82, 2.24) is 5.32 Å². The van der Waals surface area contributed by atoms with Gasteiger partial charge < -0.3 is 24.3 Å². The van der Waals surface area contributed by atoms with Gasteiger partial charge in [0.05, 0.1) is 29.3 Å². The fraction of sp³-hybridized carbons (Fsp3) is 0.455. The number of allylic oxidation sites excluding steroid dienone is 2. The van der Waals surface area contributed by atoms with Crippen molar-refractivity contribution in [3.63, 3.8) is 0 Å². The molecule has 1 aromatic rings. The molecule has 29 heavy (non-hydrogen) atoms. The summed E-state index contributed by atoms with van der Waals surface area (Å²) >= 11 is 0. The van der Waals surface area contributed by atoms with Crippen LogP contribution in [-0.4, -0.2) is 30.9 Å². The van der Waals surface area contributed by atoms with Gasteiger partial charge in [-0.1, -0.05) is 12.1 Å². The van der Waals surface area contributed by atoms with Gasteiger partial charge in [-0.3, -0.25) is 0 Å². The predicted molar refractivity (Wildman–Crippen MR) is 106 cm³/mol. The third-order valence-electron chi connectivity index (χ3n) is 4.62. The Labute approximate surface area is 170 Å². The highest BCUT2D eigenvalue weighted by atomic mass is 16.7. The molecule has 0 atom stereocenters. The van der Waals surface area contributed by atoms with Crippen molar-refractivity contribution in [2.45, 2.75) is 59.7 Å². The van der Waals surface area contributed by atoms with E-state index in [9.17, 15) is 9.59 Å². The summed E-state index contributed by atoms with van der Waals surface area (Å²) in [5, 5.41) is 3.14. The van der Waals surface area contributed by atoms with Gasteiger partial charge >= 0.3 is 11.9 Å². The van der Waals surface area contributed by atoms with Crippen LogP contribution < -0.4 is 14.8 Å². The van der Waals surface area contributed by atoms with Gasteiger partial charge in [0.15, 0.2) is 11.5 Å². The molecule has 7 heteroatoms. The van der Waals surface area contributed by atoms with E-state index >= 15 is 0 Å². The SMILES string of the molecule is CC1=C(C(=O)OC(C)C)C(c2cccc3c2OCO3)C(C(=O)OC(C)C)=C(C)N1. The van der Waals surface area contributed by atoms with E-state index in [1.807, 2.05) is 12.1 Å². The molecular formula is C22H27NO6. The second-order valence-corrected chi connectivity index (χ2v) is 7.62. The number of esters is 2. The Morgan fingerprint density at radius 2 is 1.52 bits per heavy atom. The van der Waals surface area contributed by atoms with Crippen LogP contribution in [-0.2, 0) is 19.1 Å². The summed E-state index contributed by atoms with van der Waals surface area (Å²) in [6, 6.07) is 5.43. The molecule has 3 rings (SSSR count). The van der Waals surface area contributed by atoms with E-state index in [2.05, 4.69) is 5.32 Å². The lowest BCUT2D eigenvalue weighted by molar-refractivity contribution is -0.143. The standard InChI is InChI=1S/C22H27NO6/c1-11(2)28-21(24)17-13(5)23-14(6)18(22(25)29-12(3)4)19(17)15-8-7-9-16-20(15)27-10-26-16/h7-9,11-12,19,23H,10H2,1-6H3. The zero-order valence-electron chi connectivity index (χ0n) is 17.6. The van der Waals surface area contributed by atoms with Gasteiger partial charge in [-0.25, -0.2) is 9.59 Å². The first-order valence-corrected chi connectivity index (χ1v) is 9.69. The Morgan fingerprint density at radius 1 is 0.966 bits per heavy atom. The third-order valence-corrected chi connectivity index (χ3v) is 4.62. The fourth-order valence-electron chi connectivity index (χ4n) is 3.58. The number of ether oxygens (including phenoxy) is 4. The molecule has 2 aliphatic rings. The average molecular weight is 401 g/mol. The van der Waals surface area contributed by atoms with E-state index in [-0.39, 0.29) is 19.0 Å². The molecule has 0 bridgehead atoms. The number of benzene rings is 1. The molecule has 0 saturated carbocycles. The van der Waals surface area contributed by atoms with Crippen LogP contribution in [0.3, 0.4) is 0 Å². The molecule has 0 aliphatic carbocycles. The molecule has 156 valence electrons. The Morgan fingerprint density at radius 3 is 2.03 bits per heavy atom. The number of nitrogens with one attached hydrogen (secondary N) is 1. The van der Waals surface area contributed by atoms with E-state index in [0.717, 1.165) is 0 Å². The summed E-state index contributed by atoms with van der Waals surface area (Å²) < 4.78 is 22.2. The van der Waals surface area contributed by atoms with Gasteiger partial charge in [-0.05, 0) is 47.6 Å². The summed E-state index contributed by atoms with van der Waals surface area (Å²) in [5.74, 6) is -0.595. The van der Waals surface area contributed by atoms with Gasteiger partial charge in [0.2, 0.25) is 6.79 Å². The van der Waals surface area contributed by atoms with E-state index in [1.165, 1.54) is 0 Å². The van der Waals surface area contributed by atoms with Gasteiger partial charge in [-0.2, -0.15) is 0 Å². The van der Waals surface area contributed by atoms with Gasteiger partial charge in [0.25, 0.3) is 0 Å². The predicted octanol–water partition coefficient (Wildman–Crippen LogP) is 3.55. The van der Waals surface area contributed by atoms with E-state index in [4.69, 9.17) is 18.9 Å². The van der Waals surface area contributed by atoms with E-state index in [0.29, 0.717) is 39.6 Å². The van der Waals surface area contributed by atoms with E-state index < -0.39 is 17.9 Å². The highest BCUT2D eigenvalue weighted by Crippen LogP contribution is 2.47. The number of carbonyl (C=O) groups is 2. The first-order chi connectivity index (χ1) is 13.7. The number of para-hydroxylation sites is 1. The van der Waals surface area contributed by atoms with Crippen molar-refractivity contribution in [3.8, 4) is 11.5 Å². The molecule has 1 aromatic carbocycles. The summed E-state index contributed by atoms with van der Waals surface area (Å²) in [7, 11) is 0. The number of hydrogen-bond donors (Lipinski definition) is 1. The van der Waals surface area contributed by atoms with Crippen molar-refractivity contribution in [2.24, 2.45) is 0 Å². The minimum Gasteiger partial charge on any atom is -0.460 e. The molecular weight excluding hydrogens is 374 g/mol. The molecule has 0 saturated heterocycles. The van der Waals surface area contributed by atoms with Crippen LogP contribution in [0, 0.1) is 0 Å². The quantitative estimate of drug-likeness (QED) is 0.756. The molecule has 0 spiro atoms. The molecule has 2 aliphatic heterocycles. The Kier molecular flexibility index (Phi) is 5.86. The highest BCUT2D eigenvalue weighted by Gasteiger charge is 2.41. The smallest absolute Gasteiger partial charge is 0.337 e. The number of rotatable bonds is 5. The molecule has 0 amide bonds. The molecule has 0 aromatic heterocycles. The maximum absolute atomic E-state index is 13.0. The van der Waals surface area contributed by atoms with Crippen LogP contribution in [0.2, 0.25) is 0 Å². The normalized spacial score (nSPS) is 16.4.